The average molecular weight is 2260 g/mol. The third-order valence-electron chi connectivity index (χ3n) is 20.6. The minimum atomic E-state index is -0.958. The molecule has 5 aromatic heterocycles. The van der Waals surface area contributed by atoms with Crippen LogP contribution in [0.2, 0.25) is 15.1 Å². The second-order valence-corrected chi connectivity index (χ2v) is 39.8. The lowest BCUT2D eigenvalue weighted by Gasteiger charge is -2.09. The minimum absolute atomic E-state index is 0.202. The van der Waals surface area contributed by atoms with E-state index in [1.165, 1.54) is 73.9 Å². The third-order valence-corrected chi connectivity index (χ3v) is 29.0. The van der Waals surface area contributed by atoms with Gasteiger partial charge < -0.3 is 61.6 Å². The number of aryl methyl sites for hydroxylation is 4. The highest BCUT2D eigenvalue weighted by molar-refractivity contribution is 9.11. The SMILES string of the molecule is COc1ccc(CCCNc2scc(-c3ccc(Br)cc3)c2C(=O)O)cc1.COc1cccc(CCCNc2scc(-c3ccc(Br)cc3)c2C(=O)O)c1.O=C(O)c1c(-c2ccc(Br)cc2)csc1NCCCc1c(Cl)cccc1Cl.O=C(O)c1c(-c2ccc(Br)cc2)csc1NCCCc1ccccc1Cl.O=C(O)c1c(-c2ccc(Br)cc2)csc1NCCCc1ccccc1F. The summed E-state index contributed by atoms with van der Waals surface area (Å²) in [5.41, 5.74) is 14.8. The number of thiophene rings is 5. The lowest BCUT2D eigenvalue weighted by Crippen LogP contribution is -2.07. The van der Waals surface area contributed by atoms with Gasteiger partial charge >= 0.3 is 29.8 Å². The fraction of sp³-hybridized carbons (Fsp3) is 0.167. The minimum Gasteiger partial charge on any atom is -0.497 e. The molecule has 31 heteroatoms. The van der Waals surface area contributed by atoms with E-state index in [4.69, 9.17) is 44.3 Å². The first-order valence-corrected chi connectivity index (χ1v) is 51.1. The third kappa shape index (κ3) is 30.4. The Hall–Kier alpha value is -10.2. The molecule has 0 atom stereocenters. The molecule has 0 aliphatic carbocycles. The molecule has 0 amide bonds. The Morgan fingerprint density at radius 3 is 0.902 bits per heavy atom. The van der Waals surface area contributed by atoms with E-state index in [-0.39, 0.29) is 11.4 Å². The van der Waals surface area contributed by atoms with Crippen LogP contribution in [0.25, 0.3) is 55.6 Å². The van der Waals surface area contributed by atoms with Crippen molar-refractivity contribution in [3.63, 3.8) is 0 Å². The molecule has 0 saturated heterocycles. The molecule has 133 heavy (non-hydrogen) atoms. The molecule has 10 aromatic carbocycles. The fourth-order valence-electron chi connectivity index (χ4n) is 13.9. The first-order valence-electron chi connectivity index (χ1n) is 41.6. The summed E-state index contributed by atoms with van der Waals surface area (Å²) < 4.78 is 28.8. The molecule has 0 unspecified atom stereocenters. The molecular formula is C102H90Br5Cl3FN5O12S5. The smallest absolute Gasteiger partial charge is 0.339 e. The van der Waals surface area contributed by atoms with E-state index in [1.54, 1.807) is 26.4 Å². The second kappa shape index (κ2) is 52.6. The van der Waals surface area contributed by atoms with Crippen LogP contribution in [-0.2, 0) is 32.1 Å². The standard InChI is InChI=1S/2C21H20BrNO3S.C20H16BrCl2NO2S.C20H17BrClNO2S.C20H17BrFNO2S/c1-26-17-6-2-4-14(12-17)5-3-11-23-20-19(21(24)25)18(13-27-20)15-7-9-16(22)10-8-15;1-26-17-10-4-14(5-11-17)3-2-12-23-20-19(21(24)25)18(13-27-20)15-6-8-16(22)9-7-15;21-13-8-6-12(7-9-13)15-11-27-19(18(15)20(25)26)24-10-2-3-14-16(22)4-1-5-17(14)23;2*21-15-9-7-13(8-10-15)16-12-26-19(18(16)20(24)25)23-11-3-5-14-4-1-2-6-17(14)22/h2,4,6-10,12-13,23H,3,5,11H2,1H3,(H,24,25);4-11,13,23H,2-3,12H2,1H3,(H,24,25);1,4-9,11,24H,2-3,10H2,(H,25,26);2*1-2,4,6-10,12,23H,3,5,11H2,(H,24,25). The van der Waals surface area contributed by atoms with Crippen LogP contribution >= 0.6 is 171 Å². The monoisotopic (exact) mass is 2260 g/mol. The predicted molar refractivity (Wildman–Crippen MR) is 566 cm³/mol. The molecule has 688 valence electrons. The van der Waals surface area contributed by atoms with E-state index in [0.29, 0.717) is 114 Å². The Kier molecular flexibility index (Phi) is 40.9. The number of hydrogen-bond donors (Lipinski definition) is 10. The molecular weight excluding hydrogens is 2170 g/mol. The Morgan fingerprint density at radius 2 is 0.586 bits per heavy atom. The second-order valence-electron chi connectivity index (χ2n) is 29.6. The van der Waals surface area contributed by atoms with Crippen molar-refractivity contribution in [2.24, 2.45) is 0 Å². The van der Waals surface area contributed by atoms with Gasteiger partial charge in [-0.1, -0.05) is 242 Å². The van der Waals surface area contributed by atoms with Gasteiger partial charge in [0.2, 0.25) is 0 Å². The van der Waals surface area contributed by atoms with Crippen molar-refractivity contribution in [2.75, 3.05) is 73.5 Å². The topological polar surface area (TPSA) is 265 Å². The van der Waals surface area contributed by atoms with Crippen LogP contribution in [0.15, 0.2) is 286 Å². The van der Waals surface area contributed by atoms with E-state index in [9.17, 15) is 53.9 Å². The van der Waals surface area contributed by atoms with Crippen LogP contribution in [0.1, 0.15) is 112 Å². The van der Waals surface area contributed by atoms with Crippen molar-refractivity contribution < 1.29 is 63.4 Å². The molecule has 5 heterocycles. The molecule has 15 rings (SSSR count). The number of anilines is 5. The maximum Gasteiger partial charge on any atom is 0.339 e. The van der Waals surface area contributed by atoms with E-state index in [2.05, 4.69) is 124 Å². The van der Waals surface area contributed by atoms with Crippen LogP contribution in [0.4, 0.5) is 29.4 Å². The highest BCUT2D eigenvalue weighted by atomic mass is 79.9. The summed E-state index contributed by atoms with van der Waals surface area (Å²) in [6, 6.07) is 74.2. The maximum absolute atomic E-state index is 13.6. The van der Waals surface area contributed by atoms with Gasteiger partial charge in [-0.15, -0.1) is 56.7 Å². The summed E-state index contributed by atoms with van der Waals surface area (Å²) >= 11 is 42.6. The van der Waals surface area contributed by atoms with Crippen LogP contribution in [0.5, 0.6) is 11.5 Å². The number of aromatic carboxylic acids is 5. The number of ether oxygens (including phenoxy) is 2. The van der Waals surface area contributed by atoms with Gasteiger partial charge in [0.25, 0.3) is 0 Å². The Balaban J connectivity index is 0.000000160. The Bertz CT molecular complexity index is 6210. The zero-order chi connectivity index (χ0) is 94.9. The van der Waals surface area contributed by atoms with Crippen molar-refractivity contribution in [3.8, 4) is 67.1 Å². The van der Waals surface area contributed by atoms with Gasteiger partial charge in [0.05, 0.1) is 14.2 Å². The van der Waals surface area contributed by atoms with Crippen molar-refractivity contribution >= 4 is 226 Å². The number of halogens is 9. The summed E-state index contributed by atoms with van der Waals surface area (Å²) in [7, 11) is 3.32. The van der Waals surface area contributed by atoms with Crippen molar-refractivity contribution in [1.82, 2.24) is 0 Å². The van der Waals surface area contributed by atoms with Crippen LogP contribution in [0, 0.1) is 5.82 Å². The van der Waals surface area contributed by atoms with Gasteiger partial charge in [0, 0.05) is 125 Å². The number of methoxy groups -OCH3 is 2. The Labute approximate surface area is 848 Å². The van der Waals surface area contributed by atoms with E-state index < -0.39 is 29.8 Å². The highest BCUT2D eigenvalue weighted by Crippen LogP contribution is 2.43. The van der Waals surface area contributed by atoms with Crippen molar-refractivity contribution in [3.05, 3.63) is 362 Å². The number of nitrogens with one attached hydrogen (secondary N) is 5. The number of carboxylic acids is 5. The van der Waals surface area contributed by atoms with Crippen LogP contribution in [0.3, 0.4) is 0 Å². The first-order chi connectivity index (χ1) is 64.2. The van der Waals surface area contributed by atoms with Crippen molar-refractivity contribution in [2.45, 2.75) is 64.2 Å². The molecule has 0 aliphatic heterocycles. The molecule has 0 aliphatic rings. The van der Waals surface area contributed by atoms with Gasteiger partial charge in [-0.25, -0.2) is 28.4 Å². The van der Waals surface area contributed by atoms with Gasteiger partial charge in [-0.3, -0.25) is 0 Å². The number of hydrogen-bond acceptors (Lipinski definition) is 17. The van der Waals surface area contributed by atoms with E-state index in [1.807, 2.05) is 227 Å². The number of carbonyl (C=O) groups is 5. The molecule has 0 saturated carbocycles. The lowest BCUT2D eigenvalue weighted by molar-refractivity contribution is 0.0688. The highest BCUT2D eigenvalue weighted by Gasteiger charge is 2.26. The summed E-state index contributed by atoms with van der Waals surface area (Å²) in [6.45, 7) is 3.31. The first kappa shape index (κ1) is 103. The van der Waals surface area contributed by atoms with Crippen LogP contribution in [-0.4, -0.2) is 102 Å². The van der Waals surface area contributed by atoms with Gasteiger partial charge in [-0.05, 0) is 229 Å². The molecule has 0 spiro atoms. The maximum atomic E-state index is 13.6. The average Bonchev–Trinajstić information content (AvgIpc) is 1.68. The van der Waals surface area contributed by atoms with Gasteiger partial charge in [0.1, 0.15) is 70.1 Å². The normalized spacial score (nSPS) is 10.7. The molecule has 10 N–H and O–H groups in total. The molecule has 17 nitrogen and oxygen atoms in total. The summed E-state index contributed by atoms with van der Waals surface area (Å²) in [5.74, 6) is -3.14. The number of carboxylic acid groups (broad SMARTS) is 5. The quantitative estimate of drug-likeness (QED) is 0.0162. The summed E-state index contributed by atoms with van der Waals surface area (Å²) in [4.78, 5) is 59.0. The zero-order valence-corrected chi connectivity index (χ0v) is 85.8. The molecule has 0 radical (unpaired) electrons. The van der Waals surface area contributed by atoms with Gasteiger partial charge in [0.15, 0.2) is 0 Å². The lowest BCUT2D eigenvalue weighted by atomic mass is 10.0. The Morgan fingerprint density at radius 1 is 0.308 bits per heavy atom. The fourth-order valence-corrected chi connectivity index (χ4v) is 21.0. The summed E-state index contributed by atoms with van der Waals surface area (Å²) in [5, 5.41) is 79.5. The predicted octanol–water partition coefficient (Wildman–Crippen LogP) is 31.7. The number of rotatable bonds is 37. The van der Waals surface area contributed by atoms with Gasteiger partial charge in [-0.2, -0.15) is 0 Å². The zero-order valence-electron chi connectivity index (χ0n) is 71.5. The van der Waals surface area contributed by atoms with E-state index >= 15 is 0 Å². The molecule has 15 aromatic rings. The van der Waals surface area contributed by atoms with E-state index in [0.717, 1.165) is 151 Å². The summed E-state index contributed by atoms with van der Waals surface area (Å²) in [6.07, 6.45) is 8.18. The molecule has 0 fully saturated rings. The molecule has 0 bridgehead atoms. The van der Waals surface area contributed by atoms with Crippen molar-refractivity contribution in [1.29, 1.82) is 0 Å². The van der Waals surface area contributed by atoms with Crippen LogP contribution < -0.4 is 36.1 Å². The largest absolute Gasteiger partial charge is 0.497 e. The number of benzene rings is 10.